The van der Waals surface area contributed by atoms with Gasteiger partial charge in [-0.25, -0.2) is 0 Å². The van der Waals surface area contributed by atoms with Crippen LogP contribution in [0.15, 0.2) is 16.8 Å². The lowest BCUT2D eigenvalue weighted by atomic mass is 10.4. The van der Waals surface area contributed by atoms with E-state index in [0.717, 1.165) is 10.6 Å². The smallest absolute Gasteiger partial charge is 0.312 e. The van der Waals surface area contributed by atoms with Crippen LogP contribution in [0.25, 0.3) is 0 Å². The monoisotopic (exact) mass is 278 g/mol. The first kappa shape index (κ1) is 11.4. The Bertz CT molecular complexity index is 530. The summed E-state index contributed by atoms with van der Waals surface area (Å²) in [6.07, 6.45) is 0. The molecule has 1 aliphatic heterocycles. The van der Waals surface area contributed by atoms with Gasteiger partial charge < -0.3 is 4.90 Å². The highest BCUT2D eigenvalue weighted by Crippen LogP contribution is 2.23. The van der Waals surface area contributed by atoms with Gasteiger partial charge in [0.25, 0.3) is 10.3 Å². The van der Waals surface area contributed by atoms with Crippen molar-refractivity contribution in [1.29, 1.82) is 0 Å². The minimum absolute atomic E-state index is 0.0848. The molecule has 1 saturated heterocycles. The van der Waals surface area contributed by atoms with E-state index in [2.05, 4.69) is 0 Å². The summed E-state index contributed by atoms with van der Waals surface area (Å²) >= 11 is 6.78. The molecular weight excluding hydrogens is 272 g/mol. The number of thiophene rings is 1. The van der Waals surface area contributed by atoms with Crippen LogP contribution in [-0.4, -0.2) is 36.9 Å². The molecule has 0 bridgehead atoms. The van der Waals surface area contributed by atoms with Crippen LogP contribution in [0.2, 0.25) is 0 Å². The largest absolute Gasteiger partial charge is 0.322 e. The third-order valence-electron chi connectivity index (χ3n) is 2.19. The third-order valence-corrected chi connectivity index (χ3v) is 3.80. The first-order chi connectivity index (χ1) is 7.61. The van der Waals surface area contributed by atoms with Crippen molar-refractivity contribution in [2.24, 2.45) is 0 Å². The summed E-state index contributed by atoms with van der Waals surface area (Å²) < 4.78 is 22.2. The van der Waals surface area contributed by atoms with Crippen molar-refractivity contribution in [3.8, 4) is 0 Å². The van der Waals surface area contributed by atoms with Crippen molar-refractivity contribution in [2.45, 2.75) is 0 Å². The Morgan fingerprint density at radius 3 is 2.69 bits per heavy atom. The second-order valence-corrected chi connectivity index (χ2v) is 4.99. The highest BCUT2D eigenvalue weighted by Gasteiger charge is 2.32. The SMILES string of the molecule is O=C(Cl)N1CCN(c2ccsc2)C1=S(=O)=O. The minimum atomic E-state index is -2.49. The number of hydrogen-bond acceptors (Lipinski definition) is 4. The van der Waals surface area contributed by atoms with Gasteiger partial charge in [-0.2, -0.15) is 19.8 Å². The maximum Gasteiger partial charge on any atom is 0.322 e. The molecule has 0 N–H and O–H groups in total. The normalized spacial score (nSPS) is 15.7. The summed E-state index contributed by atoms with van der Waals surface area (Å²) in [6, 6.07) is 1.79. The fraction of sp³-hybridized carbons (Fsp3) is 0.250. The molecule has 1 fully saturated rings. The summed E-state index contributed by atoms with van der Waals surface area (Å²) in [6.45, 7) is 0.708. The summed E-state index contributed by atoms with van der Waals surface area (Å²) in [5.74, 6) is 0. The van der Waals surface area contributed by atoms with Crippen molar-refractivity contribution in [1.82, 2.24) is 4.90 Å². The van der Waals surface area contributed by atoms with Crippen LogP contribution >= 0.6 is 22.9 Å². The predicted octanol–water partition coefficient (Wildman–Crippen LogP) is 1.20. The van der Waals surface area contributed by atoms with E-state index in [1.165, 1.54) is 11.3 Å². The molecule has 2 heterocycles. The zero-order valence-corrected chi connectivity index (χ0v) is 10.3. The van der Waals surface area contributed by atoms with Gasteiger partial charge in [-0.1, -0.05) is 0 Å². The predicted molar refractivity (Wildman–Crippen MR) is 63.5 cm³/mol. The fourth-order valence-electron chi connectivity index (χ4n) is 1.53. The molecule has 8 heteroatoms. The van der Waals surface area contributed by atoms with Crippen LogP contribution in [-0.2, 0) is 10.3 Å². The van der Waals surface area contributed by atoms with Gasteiger partial charge in [0.15, 0.2) is 0 Å². The Balaban J connectivity index is 2.45. The van der Waals surface area contributed by atoms with E-state index in [9.17, 15) is 13.2 Å². The van der Waals surface area contributed by atoms with Gasteiger partial charge >= 0.3 is 5.37 Å². The number of carbonyl (C=O) groups excluding carboxylic acids is 1. The fourth-order valence-corrected chi connectivity index (χ4v) is 3.12. The lowest BCUT2D eigenvalue weighted by molar-refractivity contribution is 0.246. The second kappa shape index (κ2) is 4.44. The summed E-state index contributed by atoms with van der Waals surface area (Å²) in [4.78, 5) is 13.6. The lowest BCUT2D eigenvalue weighted by Crippen LogP contribution is -2.35. The highest BCUT2D eigenvalue weighted by atomic mass is 35.5. The Morgan fingerprint density at radius 1 is 1.44 bits per heavy atom. The van der Waals surface area contributed by atoms with E-state index in [1.54, 1.807) is 11.0 Å². The average Bonchev–Trinajstić information content (AvgIpc) is 2.85. The molecule has 0 atom stereocenters. The molecule has 0 aromatic carbocycles. The van der Waals surface area contributed by atoms with Gasteiger partial charge in [-0.05, 0) is 23.0 Å². The van der Waals surface area contributed by atoms with Gasteiger partial charge in [0.1, 0.15) is 0 Å². The van der Waals surface area contributed by atoms with Crippen molar-refractivity contribution in [2.75, 3.05) is 18.0 Å². The maximum absolute atomic E-state index is 11.1. The van der Waals surface area contributed by atoms with E-state index in [-0.39, 0.29) is 11.7 Å². The maximum atomic E-state index is 11.1. The van der Waals surface area contributed by atoms with Crippen LogP contribution in [0.5, 0.6) is 0 Å². The number of amides is 1. The molecule has 1 aliphatic rings. The number of halogens is 1. The summed E-state index contributed by atoms with van der Waals surface area (Å²) in [7, 11) is -2.49. The Kier molecular flexibility index (Phi) is 3.17. The number of hydrogen-bond donors (Lipinski definition) is 0. The Labute approximate surface area is 102 Å². The zero-order chi connectivity index (χ0) is 11.7. The van der Waals surface area contributed by atoms with Crippen molar-refractivity contribution in [3.05, 3.63) is 16.8 Å². The van der Waals surface area contributed by atoms with Crippen LogP contribution in [0.3, 0.4) is 0 Å². The van der Waals surface area contributed by atoms with Crippen molar-refractivity contribution < 1.29 is 13.2 Å². The van der Waals surface area contributed by atoms with Crippen LogP contribution in [0.1, 0.15) is 0 Å². The molecule has 0 saturated carbocycles. The molecule has 0 unspecified atom stereocenters. The van der Waals surface area contributed by atoms with E-state index < -0.39 is 15.7 Å². The lowest BCUT2D eigenvalue weighted by Gasteiger charge is -2.16. The molecule has 86 valence electrons. The Hall–Kier alpha value is -1.05. The molecule has 1 aromatic rings. The van der Waals surface area contributed by atoms with Gasteiger partial charge in [-0.3, -0.25) is 9.69 Å². The van der Waals surface area contributed by atoms with Crippen molar-refractivity contribution in [3.63, 3.8) is 0 Å². The third kappa shape index (κ3) is 1.93. The van der Waals surface area contributed by atoms with Gasteiger partial charge in [0.2, 0.25) is 5.11 Å². The quantitative estimate of drug-likeness (QED) is 0.440. The number of nitrogens with zero attached hydrogens (tertiary/aromatic N) is 2. The van der Waals surface area contributed by atoms with E-state index >= 15 is 0 Å². The minimum Gasteiger partial charge on any atom is -0.312 e. The molecule has 16 heavy (non-hydrogen) atoms. The molecule has 1 aromatic heterocycles. The standard InChI is InChI=1S/C8H7ClN2O3S2/c9-7(12)11-3-2-10(8(11)16(13)14)6-1-4-15-5-6/h1,4-5H,2-3H2. The first-order valence-corrected chi connectivity index (χ1v) is 6.74. The molecule has 2 rings (SSSR count). The Morgan fingerprint density at radius 2 is 2.19 bits per heavy atom. The molecule has 0 aliphatic carbocycles. The molecule has 0 spiro atoms. The first-order valence-electron chi connectivity index (χ1n) is 4.34. The van der Waals surface area contributed by atoms with Crippen molar-refractivity contribution >= 4 is 49.4 Å². The molecule has 0 radical (unpaired) electrons. The number of anilines is 1. The number of carbonyl (C=O) groups is 1. The molecule has 1 amide bonds. The van der Waals surface area contributed by atoms with Crippen LogP contribution in [0.4, 0.5) is 10.5 Å². The molecular formula is C8H7ClN2O3S2. The van der Waals surface area contributed by atoms with E-state index in [1.807, 2.05) is 10.8 Å². The van der Waals surface area contributed by atoms with Crippen LogP contribution < -0.4 is 4.90 Å². The summed E-state index contributed by atoms with van der Waals surface area (Å²) in [5, 5.41) is 2.79. The van der Waals surface area contributed by atoms with Crippen LogP contribution in [0, 0.1) is 0 Å². The highest BCUT2D eigenvalue weighted by molar-refractivity contribution is 7.73. The van der Waals surface area contributed by atoms with E-state index in [4.69, 9.17) is 11.6 Å². The van der Waals surface area contributed by atoms with Gasteiger partial charge in [-0.15, -0.1) is 0 Å². The molecule has 5 nitrogen and oxygen atoms in total. The number of rotatable bonds is 1. The average molecular weight is 279 g/mol. The zero-order valence-electron chi connectivity index (χ0n) is 7.96. The van der Waals surface area contributed by atoms with Gasteiger partial charge in [0.05, 0.1) is 5.69 Å². The van der Waals surface area contributed by atoms with E-state index in [0.29, 0.717) is 6.54 Å². The second-order valence-electron chi connectivity index (χ2n) is 3.06. The van der Waals surface area contributed by atoms with Gasteiger partial charge in [0, 0.05) is 18.5 Å². The topological polar surface area (TPSA) is 57.7 Å². The summed E-state index contributed by atoms with van der Waals surface area (Å²) in [5.41, 5.74) is 0.754.